The summed E-state index contributed by atoms with van der Waals surface area (Å²) in [7, 11) is 0. The number of para-hydroxylation sites is 1. The van der Waals surface area contributed by atoms with Gasteiger partial charge in [-0.3, -0.25) is 0 Å². The summed E-state index contributed by atoms with van der Waals surface area (Å²) in [6.07, 6.45) is 8.00. The van der Waals surface area contributed by atoms with Crippen LogP contribution in [0.3, 0.4) is 0 Å². The van der Waals surface area contributed by atoms with Gasteiger partial charge >= 0.3 is 6.03 Å². The van der Waals surface area contributed by atoms with Crippen LogP contribution in [-0.4, -0.2) is 28.7 Å². The van der Waals surface area contributed by atoms with Crippen LogP contribution in [0, 0.1) is 13.8 Å². The highest BCUT2D eigenvalue weighted by Gasteiger charge is 2.11. The number of imidazole rings is 1. The van der Waals surface area contributed by atoms with Crippen molar-refractivity contribution in [2.45, 2.75) is 53.0 Å². The molecule has 0 radical (unpaired) electrons. The molecule has 0 aliphatic rings. The van der Waals surface area contributed by atoms with Gasteiger partial charge in [0.15, 0.2) is 0 Å². The molecule has 32 heavy (non-hydrogen) atoms. The van der Waals surface area contributed by atoms with Gasteiger partial charge in [-0.2, -0.15) is 0 Å². The van der Waals surface area contributed by atoms with Gasteiger partial charge in [-0.25, -0.2) is 9.78 Å². The molecule has 0 spiro atoms. The summed E-state index contributed by atoms with van der Waals surface area (Å²) in [5, 5.41) is 5.86. The summed E-state index contributed by atoms with van der Waals surface area (Å²) in [6.45, 7) is 8.25. The fraction of sp³-hybridized carbons (Fsp3) is 0.385. The Balaban J connectivity index is 1.50. The van der Waals surface area contributed by atoms with Crippen molar-refractivity contribution in [3.05, 3.63) is 66.1 Å². The van der Waals surface area contributed by atoms with E-state index in [1.807, 2.05) is 43.6 Å². The predicted molar refractivity (Wildman–Crippen MR) is 130 cm³/mol. The molecule has 2 N–H and O–H groups in total. The van der Waals surface area contributed by atoms with E-state index in [0.717, 1.165) is 54.7 Å². The van der Waals surface area contributed by atoms with Gasteiger partial charge in [0.25, 0.3) is 0 Å². The van der Waals surface area contributed by atoms with E-state index in [0.29, 0.717) is 18.9 Å². The number of carbonyl (C=O) groups excluding carboxylic acids is 1. The number of nitrogens with one attached hydrogen (secondary N) is 2. The van der Waals surface area contributed by atoms with Crippen molar-refractivity contribution in [1.82, 2.24) is 14.9 Å². The SMILES string of the molecule is CCCCCNC(=O)Nc1c(C)cccc1OCCCn1cnc(-c2ccccc2C)c1. The molecule has 170 valence electrons. The van der Waals surface area contributed by atoms with Crippen molar-refractivity contribution in [1.29, 1.82) is 0 Å². The molecular weight excluding hydrogens is 400 g/mol. The molecule has 0 atom stereocenters. The predicted octanol–water partition coefficient (Wildman–Crippen LogP) is 5.95. The molecule has 3 aromatic rings. The lowest BCUT2D eigenvalue weighted by Gasteiger charge is -2.15. The lowest BCUT2D eigenvalue weighted by atomic mass is 10.1. The number of carbonyl (C=O) groups is 1. The summed E-state index contributed by atoms with van der Waals surface area (Å²) in [6, 6.07) is 13.9. The van der Waals surface area contributed by atoms with E-state index >= 15 is 0 Å². The third-order valence-electron chi connectivity index (χ3n) is 5.41. The van der Waals surface area contributed by atoms with E-state index in [4.69, 9.17) is 4.74 Å². The zero-order valence-electron chi connectivity index (χ0n) is 19.4. The first-order chi connectivity index (χ1) is 15.6. The minimum Gasteiger partial charge on any atom is -0.491 e. The Morgan fingerprint density at radius 2 is 1.84 bits per heavy atom. The largest absolute Gasteiger partial charge is 0.491 e. The van der Waals surface area contributed by atoms with E-state index in [9.17, 15) is 4.79 Å². The van der Waals surface area contributed by atoms with E-state index in [1.165, 1.54) is 5.56 Å². The molecule has 2 aromatic carbocycles. The Morgan fingerprint density at radius 3 is 2.66 bits per heavy atom. The first-order valence-electron chi connectivity index (χ1n) is 11.4. The number of rotatable bonds is 11. The minimum absolute atomic E-state index is 0.192. The average molecular weight is 435 g/mol. The summed E-state index contributed by atoms with van der Waals surface area (Å²) >= 11 is 0. The highest BCUT2D eigenvalue weighted by atomic mass is 16.5. The van der Waals surface area contributed by atoms with Crippen LogP contribution in [-0.2, 0) is 6.54 Å². The van der Waals surface area contributed by atoms with Gasteiger partial charge in [0, 0.05) is 24.8 Å². The number of unbranched alkanes of at least 4 members (excludes halogenated alkanes) is 2. The number of hydrogen-bond acceptors (Lipinski definition) is 3. The number of aryl methyl sites for hydroxylation is 3. The lowest BCUT2D eigenvalue weighted by Crippen LogP contribution is -2.30. The molecule has 6 nitrogen and oxygen atoms in total. The van der Waals surface area contributed by atoms with E-state index in [2.05, 4.69) is 52.4 Å². The standard InChI is InChI=1S/C26H34N4O2/c1-4-5-8-15-27-26(31)29-25-21(3)12-9-14-24(25)32-17-10-16-30-18-23(28-19-30)22-13-7-6-11-20(22)2/h6-7,9,11-14,18-19H,4-5,8,10,15-17H2,1-3H3,(H2,27,29,31). The molecule has 2 amide bonds. The third-order valence-corrected chi connectivity index (χ3v) is 5.41. The Labute approximate surface area is 191 Å². The van der Waals surface area contributed by atoms with Crippen LogP contribution in [0.15, 0.2) is 55.0 Å². The summed E-state index contributed by atoms with van der Waals surface area (Å²) in [5.41, 5.74) is 5.06. The van der Waals surface area contributed by atoms with E-state index in [-0.39, 0.29) is 6.03 Å². The maximum atomic E-state index is 12.3. The van der Waals surface area contributed by atoms with Crippen molar-refractivity contribution in [3.63, 3.8) is 0 Å². The summed E-state index contributed by atoms with van der Waals surface area (Å²) in [4.78, 5) is 16.8. The molecular formula is C26H34N4O2. The Hall–Kier alpha value is -3.28. The Bertz CT molecular complexity index is 1010. The van der Waals surface area contributed by atoms with Crippen LogP contribution in [0.5, 0.6) is 5.75 Å². The van der Waals surface area contributed by atoms with Crippen LogP contribution in [0.1, 0.15) is 43.7 Å². The van der Waals surface area contributed by atoms with Crippen LogP contribution in [0.4, 0.5) is 10.5 Å². The van der Waals surface area contributed by atoms with Gasteiger partial charge < -0.3 is 19.9 Å². The minimum atomic E-state index is -0.192. The van der Waals surface area contributed by atoms with Crippen molar-refractivity contribution in [3.8, 4) is 17.0 Å². The van der Waals surface area contributed by atoms with E-state index in [1.54, 1.807) is 0 Å². The van der Waals surface area contributed by atoms with Crippen molar-refractivity contribution < 1.29 is 9.53 Å². The maximum absolute atomic E-state index is 12.3. The van der Waals surface area contributed by atoms with Crippen LogP contribution >= 0.6 is 0 Å². The second-order valence-electron chi connectivity index (χ2n) is 8.05. The summed E-state index contributed by atoms with van der Waals surface area (Å²) in [5.74, 6) is 0.694. The number of hydrogen-bond donors (Lipinski definition) is 2. The highest BCUT2D eigenvalue weighted by molar-refractivity contribution is 5.91. The third kappa shape index (κ3) is 6.61. The molecule has 6 heteroatoms. The van der Waals surface area contributed by atoms with Gasteiger partial charge in [-0.15, -0.1) is 0 Å². The first-order valence-corrected chi connectivity index (χ1v) is 11.4. The topological polar surface area (TPSA) is 68.2 Å². The monoisotopic (exact) mass is 434 g/mol. The summed E-state index contributed by atoms with van der Waals surface area (Å²) < 4.78 is 8.11. The molecule has 0 bridgehead atoms. The number of amides is 2. The smallest absolute Gasteiger partial charge is 0.319 e. The fourth-order valence-electron chi connectivity index (χ4n) is 3.57. The van der Waals surface area contributed by atoms with Crippen molar-refractivity contribution >= 4 is 11.7 Å². The Morgan fingerprint density at radius 1 is 1.03 bits per heavy atom. The van der Waals surface area contributed by atoms with Gasteiger partial charge in [-0.05, 0) is 43.9 Å². The molecule has 1 aromatic heterocycles. The quantitative estimate of drug-likeness (QED) is 0.367. The molecule has 0 saturated carbocycles. The molecule has 0 saturated heterocycles. The average Bonchev–Trinajstić information content (AvgIpc) is 3.25. The van der Waals surface area contributed by atoms with Crippen molar-refractivity contribution in [2.24, 2.45) is 0 Å². The number of ether oxygens (including phenoxy) is 1. The molecule has 1 heterocycles. The zero-order valence-corrected chi connectivity index (χ0v) is 19.4. The van der Waals surface area contributed by atoms with Crippen molar-refractivity contribution in [2.75, 3.05) is 18.5 Å². The van der Waals surface area contributed by atoms with Crippen LogP contribution in [0.2, 0.25) is 0 Å². The Kier molecular flexibility index (Phi) is 8.72. The van der Waals surface area contributed by atoms with Gasteiger partial charge in [0.1, 0.15) is 5.75 Å². The van der Waals surface area contributed by atoms with Crippen LogP contribution in [0.25, 0.3) is 11.3 Å². The second-order valence-corrected chi connectivity index (χ2v) is 8.05. The maximum Gasteiger partial charge on any atom is 0.319 e. The number of nitrogens with zero attached hydrogens (tertiary/aromatic N) is 2. The first kappa shape index (κ1) is 23.4. The number of aromatic nitrogens is 2. The zero-order chi connectivity index (χ0) is 22.8. The number of urea groups is 1. The lowest BCUT2D eigenvalue weighted by molar-refractivity contribution is 0.251. The normalized spacial score (nSPS) is 10.7. The van der Waals surface area contributed by atoms with Crippen LogP contribution < -0.4 is 15.4 Å². The molecule has 0 unspecified atom stereocenters. The van der Waals surface area contributed by atoms with Gasteiger partial charge in [-0.1, -0.05) is 56.2 Å². The fourth-order valence-corrected chi connectivity index (χ4v) is 3.57. The molecule has 0 fully saturated rings. The van der Waals surface area contributed by atoms with Gasteiger partial charge in [0.05, 0.1) is 24.3 Å². The molecule has 3 rings (SSSR count). The van der Waals surface area contributed by atoms with Gasteiger partial charge in [0.2, 0.25) is 0 Å². The number of anilines is 1. The molecule has 0 aliphatic heterocycles. The number of benzene rings is 2. The molecule has 0 aliphatic carbocycles. The highest BCUT2D eigenvalue weighted by Crippen LogP contribution is 2.28. The second kappa shape index (κ2) is 11.9. The van der Waals surface area contributed by atoms with E-state index < -0.39 is 0 Å².